The van der Waals surface area contributed by atoms with Gasteiger partial charge >= 0.3 is 11.1 Å². The third-order valence-electron chi connectivity index (χ3n) is 4.46. The smallest absolute Gasteiger partial charge is 0.316 e. The molecule has 140 valence electrons. The molecule has 0 spiro atoms. The molecule has 0 saturated carbocycles. The number of H-pyrrole nitrogens is 1. The molecule has 1 amide bonds. The van der Waals surface area contributed by atoms with Crippen LogP contribution >= 0.6 is 11.8 Å². The van der Waals surface area contributed by atoms with Crippen LogP contribution in [0.15, 0.2) is 56.9 Å². The Morgan fingerprint density at radius 2 is 1.85 bits per heavy atom. The lowest BCUT2D eigenvalue weighted by Gasteiger charge is -2.18. The number of amides is 1. The Labute approximate surface area is 160 Å². The third-order valence-corrected chi connectivity index (χ3v) is 5.21. The number of hydrogen-bond acceptors (Lipinski definition) is 4. The molecule has 1 aromatic heterocycles. The van der Waals surface area contributed by atoms with Crippen LogP contribution in [0.25, 0.3) is 11.0 Å². The van der Waals surface area contributed by atoms with Gasteiger partial charge in [0.25, 0.3) is 5.91 Å². The van der Waals surface area contributed by atoms with Crippen molar-refractivity contribution in [2.45, 2.75) is 24.9 Å². The van der Waals surface area contributed by atoms with Gasteiger partial charge in [0.05, 0.1) is 11.0 Å². The molecule has 0 fully saturated rings. The predicted molar refractivity (Wildman–Crippen MR) is 109 cm³/mol. The minimum absolute atomic E-state index is 0.152. The normalized spacial score (nSPS) is 10.9. The highest BCUT2D eigenvalue weighted by atomic mass is 32.2. The Hall–Kier alpha value is -2.80. The van der Waals surface area contributed by atoms with E-state index < -0.39 is 11.1 Å². The Morgan fingerprint density at radius 1 is 1.15 bits per heavy atom. The number of nitrogens with one attached hydrogen (secondary N) is 1. The predicted octanol–water partition coefficient (Wildman–Crippen LogP) is 2.70. The van der Waals surface area contributed by atoms with Gasteiger partial charge in [-0.25, -0.2) is 0 Å². The average molecular weight is 383 g/mol. The first-order valence-corrected chi connectivity index (χ1v) is 9.82. The molecule has 3 rings (SSSR count). The SMILES string of the molecule is CCn1c(=O)c(=O)[nH]c2cc(C(=O)N(C)Cc3ccc(SC)cc3)ccc21. The lowest BCUT2D eigenvalue weighted by atomic mass is 10.1. The Kier molecular flexibility index (Phi) is 5.51. The Balaban J connectivity index is 1.89. The molecule has 1 heterocycles. The molecule has 6 nitrogen and oxygen atoms in total. The summed E-state index contributed by atoms with van der Waals surface area (Å²) in [6, 6.07) is 13.1. The molecule has 2 aromatic carbocycles. The van der Waals surface area contributed by atoms with E-state index in [-0.39, 0.29) is 5.91 Å². The van der Waals surface area contributed by atoms with Gasteiger partial charge in [-0.2, -0.15) is 0 Å². The summed E-state index contributed by atoms with van der Waals surface area (Å²) in [6.45, 7) is 2.67. The van der Waals surface area contributed by atoms with E-state index in [4.69, 9.17) is 0 Å². The Morgan fingerprint density at radius 3 is 2.48 bits per heavy atom. The summed E-state index contributed by atoms with van der Waals surface area (Å²) in [6.07, 6.45) is 2.02. The van der Waals surface area contributed by atoms with E-state index in [1.807, 2.05) is 30.5 Å². The molecule has 0 unspecified atom stereocenters. The van der Waals surface area contributed by atoms with E-state index in [0.717, 1.165) is 5.56 Å². The first kappa shape index (κ1) is 19.0. The fraction of sp³-hybridized carbons (Fsp3) is 0.250. The summed E-state index contributed by atoms with van der Waals surface area (Å²) in [5.74, 6) is -0.152. The highest BCUT2D eigenvalue weighted by Gasteiger charge is 2.14. The van der Waals surface area contributed by atoms with Crippen molar-refractivity contribution in [2.24, 2.45) is 0 Å². The molecule has 0 radical (unpaired) electrons. The lowest BCUT2D eigenvalue weighted by Crippen LogP contribution is -2.36. The van der Waals surface area contributed by atoms with Crippen LogP contribution in [0.5, 0.6) is 0 Å². The van der Waals surface area contributed by atoms with E-state index in [1.54, 1.807) is 48.8 Å². The minimum atomic E-state index is -0.684. The second-order valence-corrected chi connectivity index (χ2v) is 7.12. The van der Waals surface area contributed by atoms with Gasteiger partial charge in [0.1, 0.15) is 0 Å². The first-order chi connectivity index (χ1) is 12.9. The number of thioether (sulfide) groups is 1. The number of aromatic amines is 1. The topological polar surface area (TPSA) is 75.2 Å². The highest BCUT2D eigenvalue weighted by molar-refractivity contribution is 7.98. The number of benzene rings is 2. The van der Waals surface area contributed by atoms with Crippen molar-refractivity contribution in [1.29, 1.82) is 0 Å². The van der Waals surface area contributed by atoms with Gasteiger partial charge < -0.3 is 14.5 Å². The van der Waals surface area contributed by atoms with E-state index in [1.165, 1.54) is 9.46 Å². The van der Waals surface area contributed by atoms with Gasteiger partial charge in [0, 0.05) is 30.6 Å². The van der Waals surface area contributed by atoms with Crippen molar-refractivity contribution in [3.8, 4) is 0 Å². The van der Waals surface area contributed by atoms with Gasteiger partial charge in [-0.1, -0.05) is 12.1 Å². The summed E-state index contributed by atoms with van der Waals surface area (Å²) in [4.78, 5) is 41.9. The lowest BCUT2D eigenvalue weighted by molar-refractivity contribution is 0.0785. The molecule has 0 aliphatic rings. The summed E-state index contributed by atoms with van der Waals surface area (Å²) in [7, 11) is 1.74. The monoisotopic (exact) mass is 383 g/mol. The zero-order chi connectivity index (χ0) is 19.6. The molecule has 0 saturated heterocycles. The van der Waals surface area contributed by atoms with Gasteiger partial charge in [-0.15, -0.1) is 11.8 Å². The number of carbonyl (C=O) groups excluding carboxylic acids is 1. The van der Waals surface area contributed by atoms with Crippen LogP contribution in [0, 0.1) is 0 Å². The molecular formula is C20H21N3O3S. The Bertz CT molecular complexity index is 1100. The summed E-state index contributed by atoms with van der Waals surface area (Å²) in [5.41, 5.74) is 1.31. The second-order valence-electron chi connectivity index (χ2n) is 6.24. The van der Waals surface area contributed by atoms with Gasteiger partial charge in [-0.05, 0) is 49.1 Å². The van der Waals surface area contributed by atoms with Gasteiger partial charge in [0.2, 0.25) is 0 Å². The number of nitrogens with zero attached hydrogens (tertiary/aromatic N) is 2. The molecule has 3 aromatic rings. The largest absolute Gasteiger partial charge is 0.337 e. The standard InChI is InChI=1S/C20H21N3O3S/c1-4-23-17-10-7-14(11-16(17)21-18(24)20(23)26)19(25)22(2)12-13-5-8-15(27-3)9-6-13/h5-11H,4,12H2,1-3H3,(H,21,24). The number of carbonyl (C=O) groups is 1. The minimum Gasteiger partial charge on any atom is -0.337 e. The highest BCUT2D eigenvalue weighted by Crippen LogP contribution is 2.17. The maximum Gasteiger partial charge on any atom is 0.316 e. The number of aryl methyl sites for hydroxylation is 1. The molecule has 0 atom stereocenters. The van der Waals surface area contributed by atoms with Crippen molar-refractivity contribution in [3.63, 3.8) is 0 Å². The van der Waals surface area contributed by atoms with Crippen LogP contribution < -0.4 is 11.1 Å². The third kappa shape index (κ3) is 3.83. The van der Waals surface area contributed by atoms with Crippen molar-refractivity contribution >= 4 is 28.7 Å². The molecule has 1 N–H and O–H groups in total. The molecule has 27 heavy (non-hydrogen) atoms. The van der Waals surface area contributed by atoms with E-state index in [0.29, 0.717) is 29.7 Å². The fourth-order valence-corrected chi connectivity index (χ4v) is 3.43. The van der Waals surface area contributed by atoms with Crippen LogP contribution in [-0.2, 0) is 13.1 Å². The molecular weight excluding hydrogens is 362 g/mol. The molecule has 7 heteroatoms. The quantitative estimate of drug-likeness (QED) is 0.543. The molecule has 0 aliphatic carbocycles. The number of rotatable bonds is 5. The summed E-state index contributed by atoms with van der Waals surface area (Å²) >= 11 is 1.67. The van der Waals surface area contributed by atoms with Crippen LogP contribution in [-0.4, -0.2) is 33.7 Å². The number of fused-ring (bicyclic) bond motifs is 1. The van der Waals surface area contributed by atoms with Crippen molar-refractivity contribution in [1.82, 2.24) is 14.5 Å². The maximum atomic E-state index is 12.8. The van der Waals surface area contributed by atoms with Crippen molar-refractivity contribution in [3.05, 3.63) is 74.3 Å². The van der Waals surface area contributed by atoms with Crippen molar-refractivity contribution < 1.29 is 4.79 Å². The average Bonchev–Trinajstić information content (AvgIpc) is 2.68. The van der Waals surface area contributed by atoms with Crippen LogP contribution in [0.3, 0.4) is 0 Å². The van der Waals surface area contributed by atoms with Crippen LogP contribution in [0.2, 0.25) is 0 Å². The number of hydrogen-bond donors (Lipinski definition) is 1. The first-order valence-electron chi connectivity index (χ1n) is 8.60. The van der Waals surface area contributed by atoms with Gasteiger partial charge in [0.15, 0.2) is 0 Å². The summed E-state index contributed by atoms with van der Waals surface area (Å²) < 4.78 is 1.40. The molecule has 0 aliphatic heterocycles. The molecule has 0 bridgehead atoms. The van der Waals surface area contributed by atoms with Crippen LogP contribution in [0.1, 0.15) is 22.8 Å². The second kappa shape index (κ2) is 7.84. The van der Waals surface area contributed by atoms with Crippen LogP contribution in [0.4, 0.5) is 0 Å². The zero-order valence-corrected chi connectivity index (χ0v) is 16.3. The van der Waals surface area contributed by atoms with Gasteiger partial charge in [-0.3, -0.25) is 14.4 Å². The zero-order valence-electron chi connectivity index (χ0n) is 15.5. The fourth-order valence-electron chi connectivity index (χ4n) is 3.02. The van der Waals surface area contributed by atoms with E-state index >= 15 is 0 Å². The van der Waals surface area contributed by atoms with E-state index in [9.17, 15) is 14.4 Å². The van der Waals surface area contributed by atoms with Crippen molar-refractivity contribution in [2.75, 3.05) is 13.3 Å². The summed E-state index contributed by atoms with van der Waals surface area (Å²) in [5, 5.41) is 0. The van der Waals surface area contributed by atoms with E-state index in [2.05, 4.69) is 4.98 Å². The number of aromatic nitrogens is 2. The maximum absolute atomic E-state index is 12.8.